The van der Waals surface area contributed by atoms with Crippen LogP contribution in [-0.2, 0) is 0 Å². The predicted octanol–water partition coefficient (Wildman–Crippen LogP) is 2.31. The lowest BCUT2D eigenvalue weighted by atomic mass is 10.0. The third-order valence-corrected chi connectivity index (χ3v) is 5.15. The van der Waals surface area contributed by atoms with Crippen molar-refractivity contribution < 1.29 is 11.0 Å². The summed E-state index contributed by atoms with van der Waals surface area (Å²) in [6, 6.07) is 0.226. The van der Waals surface area contributed by atoms with Crippen molar-refractivity contribution in [2.75, 3.05) is 45.7 Å². The van der Waals surface area contributed by atoms with Gasteiger partial charge in [0, 0.05) is 73.2 Å². The third kappa shape index (κ3) is 3.92. The molecule has 3 aliphatic heterocycles. The molecule has 0 radical (unpaired) electrons. The minimum Gasteiger partial charge on any atom is -0.296 e. The van der Waals surface area contributed by atoms with Crippen LogP contribution in [0.5, 0.6) is 0 Å². The summed E-state index contributed by atoms with van der Waals surface area (Å²) in [6.45, 7) is 1.68. The summed E-state index contributed by atoms with van der Waals surface area (Å²) in [5.74, 6) is 0. The lowest BCUT2D eigenvalue weighted by Gasteiger charge is -2.49. The molecular weight excluding hydrogens is 284 g/mol. The Morgan fingerprint density at radius 1 is 0.783 bits per heavy atom. The van der Waals surface area contributed by atoms with Crippen molar-refractivity contribution in [1.82, 2.24) is 19.6 Å². The van der Waals surface area contributed by atoms with Crippen molar-refractivity contribution >= 4 is 0 Å². The maximum absolute atomic E-state index is 8.67. The van der Waals surface area contributed by atoms with Gasteiger partial charge in [0.2, 0.25) is 0 Å². The largest absolute Gasteiger partial charge is 0.296 e. The zero-order valence-electron chi connectivity index (χ0n) is 23.5. The van der Waals surface area contributed by atoms with Crippen molar-refractivity contribution in [3.8, 4) is 0 Å². The van der Waals surface area contributed by atoms with E-state index in [-0.39, 0.29) is 24.3 Å². The zero-order valence-corrected chi connectivity index (χ0v) is 15.5. The van der Waals surface area contributed by atoms with Crippen LogP contribution in [0.25, 0.3) is 0 Å². The Morgan fingerprint density at radius 3 is 1.70 bits per heavy atom. The Kier molecular flexibility index (Phi) is 2.76. The van der Waals surface area contributed by atoms with Gasteiger partial charge in [-0.05, 0) is 54.4 Å². The summed E-state index contributed by atoms with van der Waals surface area (Å²) in [7, 11) is 0. The van der Waals surface area contributed by atoms with Gasteiger partial charge in [-0.1, -0.05) is 0 Å². The van der Waals surface area contributed by atoms with E-state index in [0.29, 0.717) is 0 Å². The summed E-state index contributed by atoms with van der Waals surface area (Å²) >= 11 is 0. The molecule has 0 amide bonds. The van der Waals surface area contributed by atoms with Crippen LogP contribution in [0, 0.1) is 0 Å². The average molecular weight is 331 g/mol. The maximum atomic E-state index is 8.67. The number of hydrogen-bond donors (Lipinski definition) is 0. The van der Waals surface area contributed by atoms with Gasteiger partial charge >= 0.3 is 0 Å². The number of likely N-dealkylation sites (tertiary alicyclic amines) is 1. The molecule has 23 heavy (non-hydrogen) atoms. The molecule has 2 atom stereocenters. The van der Waals surface area contributed by atoms with Crippen molar-refractivity contribution in [2.45, 2.75) is 77.5 Å². The van der Waals surface area contributed by atoms with E-state index >= 15 is 0 Å². The monoisotopic (exact) mass is 330 g/mol. The summed E-state index contributed by atoms with van der Waals surface area (Å²) in [5.41, 5.74) is -1.12. The molecule has 3 fully saturated rings. The van der Waals surface area contributed by atoms with E-state index in [4.69, 9.17) is 11.0 Å². The van der Waals surface area contributed by atoms with Crippen molar-refractivity contribution in [1.29, 1.82) is 0 Å². The number of rotatable bonds is 2. The van der Waals surface area contributed by atoms with E-state index in [1.165, 1.54) is 0 Å². The quantitative estimate of drug-likeness (QED) is 0.770. The first-order chi connectivity index (χ1) is 13.7. The van der Waals surface area contributed by atoms with Crippen molar-refractivity contribution in [3.05, 3.63) is 0 Å². The Hall–Kier alpha value is -0.160. The molecule has 3 rings (SSSR count). The standard InChI is InChI=1S/C19H38N4/c1-18(2,3)21-11-9-20(10-12-21)15-23-16-7-8-17(23)14-22(13-16)19(4,5)6/h16-17H,7-15H2,1-6H3/i9D2,10D2,11D2,12D2. The molecule has 3 heterocycles. The molecule has 0 spiro atoms. The van der Waals surface area contributed by atoms with Crippen LogP contribution >= 0.6 is 0 Å². The fourth-order valence-electron chi connectivity index (χ4n) is 3.61. The Balaban J connectivity index is 1.97. The van der Waals surface area contributed by atoms with Gasteiger partial charge in [0.15, 0.2) is 0 Å². The molecule has 4 nitrogen and oxygen atoms in total. The second kappa shape index (κ2) is 6.29. The van der Waals surface area contributed by atoms with Gasteiger partial charge in [-0.25, -0.2) is 0 Å². The van der Waals surface area contributed by atoms with Crippen LogP contribution in [-0.4, -0.2) is 88.5 Å². The smallest absolute Gasteiger partial charge is 0.0513 e. The average Bonchev–Trinajstić information content (AvgIpc) is 2.75. The van der Waals surface area contributed by atoms with Crippen LogP contribution in [0.1, 0.15) is 65.4 Å². The van der Waals surface area contributed by atoms with Gasteiger partial charge in [-0.15, -0.1) is 0 Å². The lowest BCUT2D eigenvalue weighted by molar-refractivity contribution is -0.0288. The molecule has 0 aromatic heterocycles. The second-order valence-corrected chi connectivity index (χ2v) is 9.00. The highest BCUT2D eigenvalue weighted by Gasteiger charge is 2.43. The van der Waals surface area contributed by atoms with Gasteiger partial charge in [0.05, 0.1) is 6.67 Å². The number of hydrogen-bond acceptors (Lipinski definition) is 4. The molecule has 3 saturated heterocycles. The fraction of sp³-hybridized carbons (Fsp3) is 1.00. The molecule has 4 heteroatoms. The van der Waals surface area contributed by atoms with E-state index in [2.05, 4.69) is 30.6 Å². The fourth-order valence-corrected chi connectivity index (χ4v) is 3.61. The summed E-state index contributed by atoms with van der Waals surface area (Å²) in [6.07, 6.45) is 1.84. The zero-order chi connectivity index (χ0) is 24.0. The van der Waals surface area contributed by atoms with Crippen LogP contribution < -0.4 is 0 Å². The van der Waals surface area contributed by atoms with Gasteiger partial charge in [0.25, 0.3) is 0 Å². The minimum atomic E-state index is -2.74. The third-order valence-electron chi connectivity index (χ3n) is 5.15. The molecule has 0 aliphatic carbocycles. The van der Waals surface area contributed by atoms with E-state index in [0.717, 1.165) is 35.7 Å². The molecular formula is C19H38N4. The predicted molar refractivity (Wildman–Crippen MR) is 97.7 cm³/mol. The lowest BCUT2D eigenvalue weighted by Crippen LogP contribution is -2.62. The van der Waals surface area contributed by atoms with E-state index in [9.17, 15) is 0 Å². The topological polar surface area (TPSA) is 13.0 Å². The Labute approximate surface area is 155 Å². The number of piperazine rings is 2. The Morgan fingerprint density at radius 2 is 1.26 bits per heavy atom. The summed E-state index contributed by atoms with van der Waals surface area (Å²) in [5, 5.41) is 0. The molecule has 2 bridgehead atoms. The molecule has 0 saturated carbocycles. The van der Waals surface area contributed by atoms with Gasteiger partial charge < -0.3 is 0 Å². The molecule has 134 valence electrons. The molecule has 0 N–H and O–H groups in total. The second-order valence-electron chi connectivity index (χ2n) is 9.00. The molecule has 0 aromatic rings. The SMILES string of the molecule is [2H]C1([2H])N(CN2C3CCC2CN(C(C)(C)C)C3)C([2H])([2H])C([2H])([2H])N(C(C)(C)C)C1([2H])[2H]. The summed E-state index contributed by atoms with van der Waals surface area (Å²) in [4.78, 5) is 5.98. The normalized spacial score (nSPS) is 46.5. The number of fused-ring (bicyclic) bond motifs is 2. The molecule has 3 aliphatic rings. The van der Waals surface area contributed by atoms with Gasteiger partial charge in [0.1, 0.15) is 0 Å². The van der Waals surface area contributed by atoms with E-state index in [1.54, 1.807) is 20.8 Å². The van der Waals surface area contributed by atoms with Crippen LogP contribution in [0.3, 0.4) is 0 Å². The van der Waals surface area contributed by atoms with E-state index in [1.807, 2.05) is 0 Å². The minimum absolute atomic E-state index is 0.00347. The van der Waals surface area contributed by atoms with Crippen LogP contribution in [0.2, 0.25) is 0 Å². The van der Waals surface area contributed by atoms with Crippen LogP contribution in [0.15, 0.2) is 0 Å². The highest BCUT2D eigenvalue weighted by molar-refractivity contribution is 4.99. The molecule has 2 unspecified atom stereocenters. The van der Waals surface area contributed by atoms with Crippen LogP contribution in [0.4, 0.5) is 0 Å². The molecule has 0 aromatic carbocycles. The van der Waals surface area contributed by atoms with Gasteiger partial charge in [-0.2, -0.15) is 0 Å². The maximum Gasteiger partial charge on any atom is 0.0513 e. The number of nitrogens with zero attached hydrogens (tertiary/aromatic N) is 4. The first kappa shape index (κ1) is 10.1. The van der Waals surface area contributed by atoms with Crippen molar-refractivity contribution in [2.24, 2.45) is 0 Å². The van der Waals surface area contributed by atoms with Gasteiger partial charge in [-0.3, -0.25) is 19.6 Å². The highest BCUT2D eigenvalue weighted by atomic mass is 15.4. The first-order valence-corrected chi connectivity index (χ1v) is 8.76. The summed E-state index contributed by atoms with van der Waals surface area (Å²) < 4.78 is 69.1. The van der Waals surface area contributed by atoms with E-state index < -0.39 is 31.5 Å². The van der Waals surface area contributed by atoms with Crippen molar-refractivity contribution in [3.63, 3.8) is 0 Å². The Bertz CT molecular complexity index is 658. The first-order valence-electron chi connectivity index (χ1n) is 12.8. The highest BCUT2D eigenvalue weighted by Crippen LogP contribution is 2.33.